The van der Waals surface area contributed by atoms with Crippen molar-refractivity contribution in [2.75, 3.05) is 13.2 Å². The highest BCUT2D eigenvalue weighted by Gasteiger charge is 2.22. The van der Waals surface area contributed by atoms with E-state index in [-0.39, 0.29) is 16.6 Å². The molecule has 1 aliphatic rings. The van der Waals surface area contributed by atoms with Gasteiger partial charge >= 0.3 is 0 Å². The summed E-state index contributed by atoms with van der Waals surface area (Å²) in [6.07, 6.45) is 2.80. The van der Waals surface area contributed by atoms with E-state index < -0.39 is 10.0 Å². The Morgan fingerprint density at radius 2 is 2.33 bits per heavy atom. The van der Waals surface area contributed by atoms with Crippen LogP contribution in [0.1, 0.15) is 18.5 Å². The van der Waals surface area contributed by atoms with Gasteiger partial charge in [0.1, 0.15) is 16.7 Å². The lowest BCUT2D eigenvalue weighted by atomic mass is 10.1. The number of rotatable bonds is 3. The number of sulfonamides is 1. The molecule has 2 rings (SSSR count). The topological polar surface area (TPSA) is 92.1 Å². The maximum atomic E-state index is 12.0. The van der Waals surface area contributed by atoms with Crippen LogP contribution < -0.4 is 4.72 Å². The van der Waals surface area contributed by atoms with E-state index in [1.807, 2.05) is 6.07 Å². The van der Waals surface area contributed by atoms with Gasteiger partial charge in [0.05, 0.1) is 6.61 Å². The molecule has 0 aromatic carbocycles. The van der Waals surface area contributed by atoms with Crippen LogP contribution in [0.3, 0.4) is 0 Å². The molecule has 1 fully saturated rings. The van der Waals surface area contributed by atoms with E-state index in [1.165, 1.54) is 18.3 Å². The largest absolute Gasteiger partial charge is 0.380 e. The van der Waals surface area contributed by atoms with Crippen LogP contribution in [-0.4, -0.2) is 32.7 Å². The fourth-order valence-electron chi connectivity index (χ4n) is 1.73. The van der Waals surface area contributed by atoms with Crippen LogP contribution in [0.25, 0.3) is 0 Å². The van der Waals surface area contributed by atoms with Crippen LogP contribution in [0.2, 0.25) is 0 Å². The Kier molecular flexibility index (Phi) is 3.91. The maximum Gasteiger partial charge on any atom is 0.242 e. The molecule has 1 N–H and O–H groups in total. The van der Waals surface area contributed by atoms with Crippen molar-refractivity contribution in [2.45, 2.75) is 23.8 Å². The van der Waals surface area contributed by atoms with Gasteiger partial charge in [0.2, 0.25) is 10.0 Å². The quantitative estimate of drug-likeness (QED) is 0.856. The average molecular weight is 267 g/mol. The van der Waals surface area contributed by atoms with Crippen molar-refractivity contribution in [3.63, 3.8) is 0 Å². The number of nitriles is 1. The number of nitrogens with one attached hydrogen (secondary N) is 1. The van der Waals surface area contributed by atoms with E-state index in [0.29, 0.717) is 13.2 Å². The van der Waals surface area contributed by atoms with Gasteiger partial charge in [-0.15, -0.1) is 0 Å². The highest BCUT2D eigenvalue weighted by molar-refractivity contribution is 7.89. The summed E-state index contributed by atoms with van der Waals surface area (Å²) in [5.41, 5.74) is 0.190. The summed E-state index contributed by atoms with van der Waals surface area (Å²) in [6.45, 7) is 1.07. The van der Waals surface area contributed by atoms with Crippen LogP contribution in [0.5, 0.6) is 0 Å². The van der Waals surface area contributed by atoms with E-state index in [2.05, 4.69) is 9.71 Å². The molecule has 1 aromatic heterocycles. The van der Waals surface area contributed by atoms with Crippen molar-refractivity contribution in [1.29, 1.82) is 5.26 Å². The third-order valence-corrected chi connectivity index (χ3v) is 4.15. The molecular formula is C11H13N3O3S. The van der Waals surface area contributed by atoms with Crippen molar-refractivity contribution >= 4 is 10.0 Å². The average Bonchev–Trinajstić information content (AvgIpc) is 2.39. The van der Waals surface area contributed by atoms with Gasteiger partial charge in [-0.25, -0.2) is 18.1 Å². The van der Waals surface area contributed by atoms with Crippen LogP contribution in [0.15, 0.2) is 23.2 Å². The summed E-state index contributed by atoms with van der Waals surface area (Å²) < 4.78 is 31.8. The zero-order valence-corrected chi connectivity index (χ0v) is 10.5. The van der Waals surface area contributed by atoms with Gasteiger partial charge in [0.25, 0.3) is 0 Å². The Labute approximate surface area is 106 Å². The number of aromatic nitrogens is 1. The first-order chi connectivity index (χ1) is 8.62. The molecule has 6 nitrogen and oxygen atoms in total. The zero-order valence-electron chi connectivity index (χ0n) is 9.67. The van der Waals surface area contributed by atoms with Gasteiger partial charge < -0.3 is 4.74 Å². The lowest BCUT2D eigenvalue weighted by Crippen LogP contribution is -2.40. The van der Waals surface area contributed by atoms with Gasteiger partial charge in [0.15, 0.2) is 0 Å². The molecule has 0 bridgehead atoms. The second-order valence-electron chi connectivity index (χ2n) is 4.03. The summed E-state index contributed by atoms with van der Waals surface area (Å²) >= 11 is 0. The molecule has 0 spiro atoms. The van der Waals surface area contributed by atoms with Crippen molar-refractivity contribution in [2.24, 2.45) is 0 Å². The minimum Gasteiger partial charge on any atom is -0.380 e. The first-order valence-electron chi connectivity index (χ1n) is 5.58. The van der Waals surface area contributed by atoms with E-state index in [9.17, 15) is 8.42 Å². The molecule has 7 heteroatoms. The Morgan fingerprint density at radius 3 is 2.89 bits per heavy atom. The molecule has 0 radical (unpaired) electrons. The van der Waals surface area contributed by atoms with Crippen molar-refractivity contribution < 1.29 is 13.2 Å². The fourth-order valence-corrected chi connectivity index (χ4v) is 2.93. The van der Waals surface area contributed by atoms with Gasteiger partial charge in [-0.1, -0.05) is 0 Å². The van der Waals surface area contributed by atoms with Crippen molar-refractivity contribution in [3.8, 4) is 6.07 Å². The van der Waals surface area contributed by atoms with Crippen LogP contribution in [-0.2, 0) is 14.8 Å². The predicted molar refractivity (Wildman–Crippen MR) is 63.1 cm³/mol. The van der Waals surface area contributed by atoms with E-state index >= 15 is 0 Å². The smallest absolute Gasteiger partial charge is 0.242 e. The van der Waals surface area contributed by atoms with Crippen molar-refractivity contribution in [1.82, 2.24) is 9.71 Å². The third kappa shape index (κ3) is 3.04. The van der Waals surface area contributed by atoms with Crippen LogP contribution in [0.4, 0.5) is 0 Å². The Hall–Kier alpha value is -1.49. The summed E-state index contributed by atoms with van der Waals surface area (Å²) in [5, 5.41) is 8.60. The molecule has 0 saturated carbocycles. The second-order valence-corrected chi connectivity index (χ2v) is 5.74. The SMILES string of the molecule is N#Cc1ccc(S(=O)(=O)NC2CCCOC2)cn1. The molecule has 0 aliphatic carbocycles. The molecule has 1 atom stereocenters. The maximum absolute atomic E-state index is 12.0. The van der Waals surface area contributed by atoms with Crippen molar-refractivity contribution in [3.05, 3.63) is 24.0 Å². The van der Waals surface area contributed by atoms with Gasteiger partial charge in [0, 0.05) is 18.8 Å². The Bertz CT molecular complexity index is 542. The van der Waals surface area contributed by atoms with E-state index in [0.717, 1.165) is 12.8 Å². The summed E-state index contributed by atoms with van der Waals surface area (Å²) in [6, 6.07) is 4.40. The molecule has 0 amide bonds. The molecule has 96 valence electrons. The molecule has 2 heterocycles. The lowest BCUT2D eigenvalue weighted by Gasteiger charge is -2.22. The predicted octanol–water partition coefficient (Wildman–Crippen LogP) is 0.411. The highest BCUT2D eigenvalue weighted by atomic mass is 32.2. The van der Waals surface area contributed by atoms with Crippen LogP contribution in [0, 0.1) is 11.3 Å². The minimum absolute atomic E-state index is 0.0621. The number of nitrogens with zero attached hydrogens (tertiary/aromatic N) is 2. The molecule has 1 unspecified atom stereocenters. The minimum atomic E-state index is -3.59. The first kappa shape index (κ1) is 13.0. The number of hydrogen-bond donors (Lipinski definition) is 1. The normalized spacial score (nSPS) is 20.3. The van der Waals surface area contributed by atoms with E-state index in [4.69, 9.17) is 10.00 Å². The number of ether oxygens (including phenoxy) is 1. The standard InChI is InChI=1S/C11H13N3O3S/c12-6-9-3-4-11(7-13-9)18(15,16)14-10-2-1-5-17-8-10/h3-4,7,10,14H,1-2,5,8H2. The van der Waals surface area contributed by atoms with Gasteiger partial charge in [-0.2, -0.15) is 5.26 Å². The lowest BCUT2D eigenvalue weighted by molar-refractivity contribution is 0.0774. The monoisotopic (exact) mass is 267 g/mol. The van der Waals surface area contributed by atoms with Crippen LogP contribution >= 0.6 is 0 Å². The highest BCUT2D eigenvalue weighted by Crippen LogP contribution is 2.12. The summed E-state index contributed by atoms with van der Waals surface area (Å²) in [7, 11) is -3.59. The fraction of sp³-hybridized carbons (Fsp3) is 0.455. The number of hydrogen-bond acceptors (Lipinski definition) is 5. The molecular weight excluding hydrogens is 254 g/mol. The summed E-state index contributed by atoms with van der Waals surface area (Å²) in [5.74, 6) is 0. The molecule has 1 aliphatic heterocycles. The second kappa shape index (κ2) is 5.44. The van der Waals surface area contributed by atoms with E-state index in [1.54, 1.807) is 0 Å². The molecule has 1 saturated heterocycles. The van der Waals surface area contributed by atoms with Gasteiger partial charge in [-0.05, 0) is 25.0 Å². The Morgan fingerprint density at radius 1 is 1.50 bits per heavy atom. The Balaban J connectivity index is 2.12. The van der Waals surface area contributed by atoms with Gasteiger partial charge in [-0.3, -0.25) is 0 Å². The zero-order chi connectivity index (χ0) is 13.0. The molecule has 18 heavy (non-hydrogen) atoms. The first-order valence-corrected chi connectivity index (χ1v) is 7.06. The third-order valence-electron chi connectivity index (χ3n) is 2.64. The molecule has 1 aromatic rings. The number of pyridine rings is 1. The summed E-state index contributed by atoms with van der Waals surface area (Å²) in [4.78, 5) is 3.81.